The first-order chi connectivity index (χ1) is 16.9. The number of halogens is 4. The van der Waals surface area contributed by atoms with Gasteiger partial charge >= 0.3 is 0 Å². The predicted molar refractivity (Wildman–Crippen MR) is 146 cm³/mol. The van der Waals surface area contributed by atoms with E-state index in [0.717, 1.165) is 36.2 Å². The van der Waals surface area contributed by atoms with Crippen molar-refractivity contribution in [3.05, 3.63) is 62.1 Å². The molecule has 36 heavy (non-hydrogen) atoms. The molecule has 7 nitrogen and oxygen atoms in total. The van der Waals surface area contributed by atoms with Gasteiger partial charge in [0, 0.05) is 38.2 Å². The number of hydrogen-bond donors (Lipinski definition) is 1. The van der Waals surface area contributed by atoms with Crippen LogP contribution in [0, 0.1) is 0 Å². The van der Waals surface area contributed by atoms with Crippen LogP contribution in [0.2, 0.25) is 20.1 Å². The van der Waals surface area contributed by atoms with Gasteiger partial charge in [-0.25, -0.2) is 8.42 Å². The monoisotopic (exact) mass is 593 g/mol. The second-order valence-electron chi connectivity index (χ2n) is 8.79. The number of benzene rings is 2. The van der Waals surface area contributed by atoms with E-state index in [9.17, 15) is 18.0 Å². The summed E-state index contributed by atoms with van der Waals surface area (Å²) >= 11 is 24.9. The van der Waals surface area contributed by atoms with E-state index in [1.807, 2.05) is 0 Å². The standard InChI is InChI=1S/C24H27Cl4N3O4S/c1-15(24(33)29-18-6-3-4-7-18)30(13-20-21(27)8-5-9-22(20)28)23(32)14-31(36(2,34)35)19-11-16(25)10-17(26)12-19/h5,8-12,15,18H,3-4,6-7,13-14H2,1-2H3,(H,29,33)/t15-/m0/s1. The Morgan fingerprint density at radius 1 is 1.03 bits per heavy atom. The van der Waals surface area contributed by atoms with Crippen LogP contribution < -0.4 is 9.62 Å². The van der Waals surface area contributed by atoms with Crippen LogP contribution in [0.15, 0.2) is 36.4 Å². The van der Waals surface area contributed by atoms with Crippen LogP contribution in [0.1, 0.15) is 38.2 Å². The lowest BCUT2D eigenvalue weighted by Crippen LogP contribution is -2.52. The number of nitrogens with zero attached hydrogens (tertiary/aromatic N) is 2. The molecule has 196 valence electrons. The van der Waals surface area contributed by atoms with Gasteiger partial charge in [0.15, 0.2) is 0 Å². The fourth-order valence-electron chi connectivity index (χ4n) is 4.13. The zero-order chi connectivity index (χ0) is 26.6. The van der Waals surface area contributed by atoms with Gasteiger partial charge in [-0.3, -0.25) is 13.9 Å². The maximum atomic E-state index is 13.6. The Morgan fingerprint density at radius 3 is 2.11 bits per heavy atom. The summed E-state index contributed by atoms with van der Waals surface area (Å²) in [5, 5.41) is 4.06. The van der Waals surface area contributed by atoms with Crippen molar-refractivity contribution in [2.45, 2.75) is 51.2 Å². The Kier molecular flexibility index (Phi) is 9.80. The molecule has 0 spiro atoms. The van der Waals surface area contributed by atoms with Crippen molar-refractivity contribution >= 4 is 73.9 Å². The largest absolute Gasteiger partial charge is 0.352 e. The summed E-state index contributed by atoms with van der Waals surface area (Å²) < 4.78 is 26.2. The van der Waals surface area contributed by atoms with E-state index in [1.165, 1.54) is 23.1 Å². The number of sulfonamides is 1. The minimum absolute atomic E-state index is 0.0434. The highest BCUT2D eigenvalue weighted by Gasteiger charge is 2.32. The summed E-state index contributed by atoms with van der Waals surface area (Å²) in [5.74, 6) is -0.961. The van der Waals surface area contributed by atoms with E-state index in [4.69, 9.17) is 46.4 Å². The molecule has 0 saturated heterocycles. The van der Waals surface area contributed by atoms with Gasteiger partial charge in [0.25, 0.3) is 0 Å². The zero-order valence-corrected chi connectivity index (χ0v) is 23.6. The second kappa shape index (κ2) is 12.2. The molecule has 0 bridgehead atoms. The summed E-state index contributed by atoms with van der Waals surface area (Å²) in [4.78, 5) is 28.0. The van der Waals surface area contributed by atoms with E-state index >= 15 is 0 Å². The molecule has 0 radical (unpaired) electrons. The fourth-order valence-corrected chi connectivity index (χ4v) is 5.99. The highest BCUT2D eigenvalue weighted by atomic mass is 35.5. The van der Waals surface area contributed by atoms with Crippen molar-refractivity contribution in [1.29, 1.82) is 0 Å². The normalized spacial score (nSPS) is 14.9. The molecule has 2 amide bonds. The molecule has 0 unspecified atom stereocenters. The van der Waals surface area contributed by atoms with Crippen molar-refractivity contribution in [2.75, 3.05) is 17.1 Å². The van der Waals surface area contributed by atoms with Crippen molar-refractivity contribution in [3.8, 4) is 0 Å². The Hall–Kier alpha value is -1.71. The van der Waals surface area contributed by atoms with Gasteiger partial charge in [0.2, 0.25) is 21.8 Å². The number of nitrogens with one attached hydrogen (secondary N) is 1. The Bertz CT molecular complexity index is 1200. The van der Waals surface area contributed by atoms with Crippen LogP contribution in [0.3, 0.4) is 0 Å². The van der Waals surface area contributed by atoms with Crippen molar-refractivity contribution in [2.24, 2.45) is 0 Å². The smallest absolute Gasteiger partial charge is 0.244 e. The average molecular weight is 595 g/mol. The number of hydrogen-bond acceptors (Lipinski definition) is 4. The maximum Gasteiger partial charge on any atom is 0.244 e. The lowest BCUT2D eigenvalue weighted by atomic mass is 10.1. The van der Waals surface area contributed by atoms with Gasteiger partial charge < -0.3 is 10.2 Å². The Morgan fingerprint density at radius 2 is 1.58 bits per heavy atom. The maximum absolute atomic E-state index is 13.6. The summed E-state index contributed by atoms with van der Waals surface area (Å²) in [6.07, 6.45) is 4.78. The van der Waals surface area contributed by atoms with Crippen LogP contribution in [0.5, 0.6) is 0 Å². The molecule has 2 aromatic carbocycles. The van der Waals surface area contributed by atoms with Crippen molar-refractivity contribution in [3.63, 3.8) is 0 Å². The molecular formula is C24H27Cl4N3O4S. The quantitative estimate of drug-likeness (QED) is 0.413. The molecule has 0 heterocycles. The Labute approximate surface area is 231 Å². The molecule has 2 aromatic rings. The Balaban J connectivity index is 1.95. The summed E-state index contributed by atoms with van der Waals surface area (Å²) in [5.41, 5.74) is 0.577. The predicted octanol–water partition coefficient (Wildman–Crippen LogP) is 5.54. The summed E-state index contributed by atoms with van der Waals surface area (Å²) in [7, 11) is -3.92. The van der Waals surface area contributed by atoms with E-state index in [0.29, 0.717) is 15.6 Å². The van der Waals surface area contributed by atoms with Gasteiger partial charge in [0.1, 0.15) is 12.6 Å². The second-order valence-corrected chi connectivity index (χ2v) is 12.4. The van der Waals surface area contributed by atoms with Crippen LogP contribution in [0.25, 0.3) is 0 Å². The minimum Gasteiger partial charge on any atom is -0.352 e. The number of anilines is 1. The average Bonchev–Trinajstić information content (AvgIpc) is 3.28. The highest BCUT2D eigenvalue weighted by Crippen LogP contribution is 2.29. The lowest BCUT2D eigenvalue weighted by Gasteiger charge is -2.32. The first-order valence-electron chi connectivity index (χ1n) is 11.3. The van der Waals surface area contributed by atoms with Crippen LogP contribution in [0.4, 0.5) is 5.69 Å². The third kappa shape index (κ3) is 7.42. The van der Waals surface area contributed by atoms with Gasteiger partial charge in [-0.1, -0.05) is 65.3 Å². The van der Waals surface area contributed by atoms with E-state index in [2.05, 4.69) is 5.32 Å². The van der Waals surface area contributed by atoms with Crippen LogP contribution >= 0.6 is 46.4 Å². The molecule has 12 heteroatoms. The fraction of sp³-hybridized carbons (Fsp3) is 0.417. The number of carbonyl (C=O) groups excluding carboxylic acids is 2. The molecule has 1 fully saturated rings. The zero-order valence-electron chi connectivity index (χ0n) is 19.8. The number of carbonyl (C=O) groups is 2. The molecule has 1 aliphatic rings. The summed E-state index contributed by atoms with van der Waals surface area (Å²) in [6, 6.07) is 8.30. The van der Waals surface area contributed by atoms with Crippen LogP contribution in [-0.2, 0) is 26.2 Å². The molecule has 1 aliphatic carbocycles. The number of amides is 2. The number of rotatable bonds is 9. The summed E-state index contributed by atoms with van der Waals surface area (Å²) in [6.45, 7) is 0.914. The van der Waals surface area contributed by atoms with E-state index < -0.39 is 28.5 Å². The highest BCUT2D eigenvalue weighted by molar-refractivity contribution is 7.92. The molecule has 0 aromatic heterocycles. The van der Waals surface area contributed by atoms with E-state index in [-0.39, 0.29) is 34.2 Å². The van der Waals surface area contributed by atoms with Gasteiger partial charge in [-0.15, -0.1) is 0 Å². The molecule has 1 N–H and O–H groups in total. The lowest BCUT2D eigenvalue weighted by molar-refractivity contribution is -0.139. The molecule has 1 saturated carbocycles. The molecular weight excluding hydrogens is 568 g/mol. The topological polar surface area (TPSA) is 86.8 Å². The van der Waals surface area contributed by atoms with Gasteiger partial charge in [-0.2, -0.15) is 0 Å². The third-order valence-corrected chi connectivity index (χ3v) is 8.36. The first-order valence-corrected chi connectivity index (χ1v) is 14.7. The van der Waals surface area contributed by atoms with Crippen molar-refractivity contribution < 1.29 is 18.0 Å². The minimum atomic E-state index is -3.92. The van der Waals surface area contributed by atoms with E-state index in [1.54, 1.807) is 25.1 Å². The molecule has 3 rings (SSSR count). The SMILES string of the molecule is C[C@@H](C(=O)NC1CCCC1)N(Cc1c(Cl)cccc1Cl)C(=O)CN(c1cc(Cl)cc(Cl)c1)S(C)(=O)=O. The van der Waals surface area contributed by atoms with Gasteiger partial charge in [-0.05, 0) is 50.1 Å². The molecule has 0 aliphatic heterocycles. The van der Waals surface area contributed by atoms with Crippen LogP contribution in [-0.4, -0.2) is 50.0 Å². The van der Waals surface area contributed by atoms with Crippen molar-refractivity contribution in [1.82, 2.24) is 10.2 Å². The molecule has 1 atom stereocenters. The third-order valence-electron chi connectivity index (χ3n) is 6.07. The van der Waals surface area contributed by atoms with Gasteiger partial charge in [0.05, 0.1) is 11.9 Å². The first kappa shape index (κ1) is 28.9.